The number of thiophene rings is 1. The molecule has 2 aromatic carbocycles. The fraction of sp³-hybridized carbons (Fsp3) is 0.160. The number of carbonyl (C=O) groups is 5. The molecule has 0 bridgehead atoms. The Bertz CT molecular complexity index is 1360. The van der Waals surface area contributed by atoms with Gasteiger partial charge >= 0.3 is 11.9 Å². The van der Waals surface area contributed by atoms with Gasteiger partial charge in [-0.3, -0.25) is 14.4 Å². The van der Waals surface area contributed by atoms with Crippen LogP contribution in [0.2, 0.25) is 0 Å². The van der Waals surface area contributed by atoms with E-state index in [4.69, 9.17) is 9.47 Å². The molecule has 0 spiro atoms. The highest BCUT2D eigenvalue weighted by molar-refractivity contribution is 7.16. The number of fused-ring (bicyclic) bond motifs is 1. The van der Waals surface area contributed by atoms with Crippen LogP contribution in [0.4, 0.5) is 10.7 Å². The number of rotatable bonds is 6. The van der Waals surface area contributed by atoms with E-state index in [9.17, 15) is 24.0 Å². The van der Waals surface area contributed by atoms with E-state index >= 15 is 0 Å². The normalized spacial score (nSPS) is 12.4. The molecule has 3 aromatic rings. The molecule has 4 rings (SSSR count). The predicted molar refractivity (Wildman–Crippen MR) is 128 cm³/mol. The highest BCUT2D eigenvalue weighted by atomic mass is 32.1. The van der Waals surface area contributed by atoms with Gasteiger partial charge in [-0.05, 0) is 49.7 Å². The minimum atomic E-state index is -0.814. The third-order valence-electron chi connectivity index (χ3n) is 5.50. The van der Waals surface area contributed by atoms with Crippen LogP contribution in [0.1, 0.15) is 51.9 Å². The van der Waals surface area contributed by atoms with Crippen LogP contribution in [0.5, 0.6) is 0 Å². The Morgan fingerprint density at radius 3 is 2.23 bits per heavy atom. The maximum absolute atomic E-state index is 12.7. The van der Waals surface area contributed by atoms with Gasteiger partial charge in [-0.2, -0.15) is 0 Å². The summed E-state index contributed by atoms with van der Waals surface area (Å²) in [5.41, 5.74) is 1.79. The number of ether oxygens (including phenoxy) is 2. The highest BCUT2D eigenvalue weighted by Gasteiger charge is 2.36. The number of benzene rings is 2. The highest BCUT2D eigenvalue weighted by Crippen LogP contribution is 2.33. The molecule has 35 heavy (non-hydrogen) atoms. The summed E-state index contributed by atoms with van der Waals surface area (Å²) < 4.78 is 9.89. The molecule has 0 fully saturated rings. The standard InChI is InChI=1S/C25H20N2O7S/c1-13-14(2)35-21(20(13)25(32)33-3)26-19(28)12-34-24(31)15-7-6-8-16(11-15)27-22(29)17-9-4-5-10-18(17)23(27)30/h4-11H,12H2,1-3H3,(H,26,28). The fourth-order valence-electron chi connectivity index (χ4n) is 3.64. The first kappa shape index (κ1) is 23.8. The number of esters is 2. The van der Waals surface area contributed by atoms with Crippen molar-refractivity contribution >= 4 is 51.7 Å². The van der Waals surface area contributed by atoms with Crippen LogP contribution in [-0.2, 0) is 14.3 Å². The van der Waals surface area contributed by atoms with Crippen molar-refractivity contribution in [2.24, 2.45) is 0 Å². The first-order chi connectivity index (χ1) is 16.7. The lowest BCUT2D eigenvalue weighted by Gasteiger charge is -2.14. The molecule has 1 aliphatic rings. The van der Waals surface area contributed by atoms with Crippen molar-refractivity contribution in [2.45, 2.75) is 13.8 Å². The SMILES string of the molecule is COC(=O)c1c(NC(=O)COC(=O)c2cccc(N3C(=O)c4ccccc4C3=O)c2)sc(C)c1C. The molecule has 0 saturated carbocycles. The van der Waals surface area contributed by atoms with Gasteiger partial charge in [0, 0.05) is 4.88 Å². The maximum atomic E-state index is 12.7. The zero-order valence-corrected chi connectivity index (χ0v) is 19.9. The van der Waals surface area contributed by atoms with Crippen molar-refractivity contribution in [3.05, 3.63) is 81.2 Å². The van der Waals surface area contributed by atoms with Crippen molar-refractivity contribution in [1.82, 2.24) is 0 Å². The molecule has 3 amide bonds. The summed E-state index contributed by atoms with van der Waals surface area (Å²) in [4.78, 5) is 64.2. The number of carbonyl (C=O) groups excluding carboxylic acids is 5. The summed E-state index contributed by atoms with van der Waals surface area (Å²) in [6.07, 6.45) is 0. The molecule has 1 aliphatic heterocycles. The Hall–Kier alpha value is -4.31. The van der Waals surface area contributed by atoms with Crippen molar-refractivity contribution in [2.75, 3.05) is 23.9 Å². The topological polar surface area (TPSA) is 119 Å². The molecule has 9 nitrogen and oxygen atoms in total. The van der Waals surface area contributed by atoms with E-state index in [2.05, 4.69) is 5.32 Å². The van der Waals surface area contributed by atoms with Crippen LogP contribution in [0.15, 0.2) is 48.5 Å². The van der Waals surface area contributed by atoms with Crippen molar-refractivity contribution in [3.63, 3.8) is 0 Å². The monoisotopic (exact) mass is 492 g/mol. The van der Waals surface area contributed by atoms with E-state index in [0.717, 1.165) is 9.78 Å². The molecule has 2 heterocycles. The van der Waals surface area contributed by atoms with E-state index in [1.54, 1.807) is 31.2 Å². The largest absolute Gasteiger partial charge is 0.465 e. The summed E-state index contributed by atoms with van der Waals surface area (Å²) in [7, 11) is 1.25. The molecule has 1 aromatic heterocycles. The third kappa shape index (κ3) is 4.43. The average molecular weight is 493 g/mol. The van der Waals surface area contributed by atoms with Gasteiger partial charge in [0.25, 0.3) is 17.7 Å². The number of amides is 3. The van der Waals surface area contributed by atoms with Gasteiger partial charge in [0.15, 0.2) is 6.61 Å². The molecular formula is C25H20N2O7S. The molecule has 0 saturated heterocycles. The number of hydrogen-bond donors (Lipinski definition) is 1. The van der Waals surface area contributed by atoms with Crippen LogP contribution < -0.4 is 10.2 Å². The lowest BCUT2D eigenvalue weighted by Crippen LogP contribution is -2.29. The van der Waals surface area contributed by atoms with Crippen molar-refractivity contribution in [3.8, 4) is 0 Å². The fourth-order valence-corrected chi connectivity index (χ4v) is 4.70. The summed E-state index contributed by atoms with van der Waals surface area (Å²) >= 11 is 1.21. The van der Waals surface area contributed by atoms with Crippen molar-refractivity contribution in [1.29, 1.82) is 0 Å². The summed E-state index contributed by atoms with van der Waals surface area (Å²) in [6.45, 7) is 2.95. The van der Waals surface area contributed by atoms with Crippen molar-refractivity contribution < 1.29 is 33.4 Å². The lowest BCUT2D eigenvalue weighted by atomic mass is 10.1. The summed E-state index contributed by atoms with van der Waals surface area (Å²) in [5.74, 6) is -3.01. The predicted octanol–water partition coefficient (Wildman–Crippen LogP) is 3.75. The van der Waals surface area contributed by atoms with Gasteiger partial charge in [-0.1, -0.05) is 18.2 Å². The van der Waals surface area contributed by atoms with Gasteiger partial charge in [0.1, 0.15) is 5.00 Å². The average Bonchev–Trinajstić information content (AvgIpc) is 3.28. The van der Waals surface area contributed by atoms with Gasteiger partial charge in [0.05, 0.1) is 35.1 Å². The zero-order chi connectivity index (χ0) is 25.3. The van der Waals surface area contributed by atoms with E-state index in [1.807, 2.05) is 6.92 Å². The van der Waals surface area contributed by atoms with Crippen LogP contribution >= 0.6 is 11.3 Å². The summed E-state index contributed by atoms with van der Waals surface area (Å²) in [6, 6.07) is 12.3. The minimum absolute atomic E-state index is 0.0601. The van der Waals surface area contributed by atoms with Gasteiger partial charge in [-0.25, -0.2) is 14.5 Å². The van der Waals surface area contributed by atoms with Gasteiger partial charge in [-0.15, -0.1) is 11.3 Å². The lowest BCUT2D eigenvalue weighted by molar-refractivity contribution is -0.119. The van der Waals surface area contributed by atoms with E-state index < -0.39 is 36.3 Å². The number of aryl methyl sites for hydroxylation is 1. The molecule has 0 unspecified atom stereocenters. The molecule has 1 N–H and O–H groups in total. The molecule has 0 radical (unpaired) electrons. The van der Waals surface area contributed by atoms with Crippen LogP contribution in [-0.4, -0.2) is 43.4 Å². The molecule has 0 aliphatic carbocycles. The quantitative estimate of drug-likeness (QED) is 0.411. The second-order valence-electron chi connectivity index (χ2n) is 7.64. The van der Waals surface area contributed by atoms with Gasteiger partial charge < -0.3 is 14.8 Å². The zero-order valence-electron chi connectivity index (χ0n) is 19.0. The maximum Gasteiger partial charge on any atom is 0.341 e. The van der Waals surface area contributed by atoms with E-state index in [1.165, 1.54) is 42.7 Å². The van der Waals surface area contributed by atoms with Gasteiger partial charge in [0.2, 0.25) is 0 Å². The number of methoxy groups -OCH3 is 1. The molecule has 0 atom stereocenters. The first-order valence-electron chi connectivity index (χ1n) is 10.5. The second-order valence-corrected chi connectivity index (χ2v) is 8.87. The smallest absolute Gasteiger partial charge is 0.341 e. The van der Waals surface area contributed by atoms with E-state index in [0.29, 0.717) is 10.6 Å². The van der Waals surface area contributed by atoms with E-state index in [-0.39, 0.29) is 27.9 Å². The number of nitrogens with one attached hydrogen (secondary N) is 1. The minimum Gasteiger partial charge on any atom is -0.465 e. The molecule has 178 valence electrons. The molecular weight excluding hydrogens is 472 g/mol. The second kappa shape index (κ2) is 9.51. The van der Waals surface area contributed by atoms with Crippen LogP contribution in [0.25, 0.3) is 0 Å². The number of anilines is 2. The number of imide groups is 1. The number of nitrogens with zero attached hydrogens (tertiary/aromatic N) is 1. The first-order valence-corrected chi connectivity index (χ1v) is 11.3. The molecule has 10 heteroatoms. The Morgan fingerprint density at radius 2 is 1.60 bits per heavy atom. The third-order valence-corrected chi connectivity index (χ3v) is 6.62. The Balaban J connectivity index is 1.44. The Kier molecular flexibility index (Phi) is 6.48. The summed E-state index contributed by atoms with van der Waals surface area (Å²) in [5, 5.41) is 2.88. The Morgan fingerprint density at radius 1 is 0.943 bits per heavy atom. The van der Waals surface area contributed by atoms with Crippen LogP contribution in [0.3, 0.4) is 0 Å². The van der Waals surface area contributed by atoms with Crippen LogP contribution in [0, 0.1) is 13.8 Å². The Labute approximate surface area is 204 Å². The number of hydrogen-bond acceptors (Lipinski definition) is 8.